The summed E-state index contributed by atoms with van der Waals surface area (Å²) in [6.45, 7) is 6.29. The van der Waals surface area contributed by atoms with E-state index in [1.54, 1.807) is 0 Å². The number of ether oxygens (including phenoxy) is 1. The number of anilines is 2. The van der Waals surface area contributed by atoms with Gasteiger partial charge in [-0.15, -0.1) is 0 Å². The lowest BCUT2D eigenvalue weighted by molar-refractivity contribution is -0.117. The van der Waals surface area contributed by atoms with Gasteiger partial charge in [0, 0.05) is 13.2 Å². The number of likely N-dealkylation sites (N-methyl/N-ethyl adjacent to an activating group) is 1. The molecule has 0 bridgehead atoms. The van der Waals surface area contributed by atoms with Gasteiger partial charge in [-0.3, -0.25) is 9.69 Å². The van der Waals surface area contributed by atoms with Gasteiger partial charge in [-0.1, -0.05) is 6.07 Å². The number of carbonyl (C=O) groups is 1. The number of amides is 1. The Bertz CT molecular complexity index is 421. The van der Waals surface area contributed by atoms with Crippen LogP contribution < -0.4 is 11.1 Å². The fourth-order valence-electron chi connectivity index (χ4n) is 1.67. The Labute approximate surface area is 114 Å². The number of carbonyl (C=O) groups excluding carboxylic acids is 1. The van der Waals surface area contributed by atoms with Crippen molar-refractivity contribution in [3.8, 4) is 0 Å². The predicted octanol–water partition coefficient (Wildman–Crippen LogP) is 1.48. The van der Waals surface area contributed by atoms with Crippen molar-refractivity contribution in [3.63, 3.8) is 0 Å². The van der Waals surface area contributed by atoms with Gasteiger partial charge in [-0.25, -0.2) is 0 Å². The zero-order valence-corrected chi connectivity index (χ0v) is 11.9. The van der Waals surface area contributed by atoms with Crippen molar-refractivity contribution in [2.75, 3.05) is 44.4 Å². The van der Waals surface area contributed by atoms with Gasteiger partial charge in [-0.05, 0) is 38.6 Å². The van der Waals surface area contributed by atoms with E-state index in [1.807, 2.05) is 44.0 Å². The number of nitrogens with one attached hydrogen (secondary N) is 1. The highest BCUT2D eigenvalue weighted by atomic mass is 16.5. The van der Waals surface area contributed by atoms with Crippen LogP contribution >= 0.6 is 0 Å². The van der Waals surface area contributed by atoms with E-state index in [0.29, 0.717) is 31.1 Å². The molecule has 3 N–H and O–H groups in total. The SMILES string of the molecule is CCOCCN(C)CC(=O)Nc1ccc(C)cc1N. The Morgan fingerprint density at radius 2 is 2.21 bits per heavy atom. The van der Waals surface area contributed by atoms with Gasteiger partial charge in [-0.2, -0.15) is 0 Å². The maximum absolute atomic E-state index is 11.8. The fourth-order valence-corrected chi connectivity index (χ4v) is 1.67. The topological polar surface area (TPSA) is 67.6 Å². The number of rotatable bonds is 7. The van der Waals surface area contributed by atoms with Crippen LogP contribution in [0.5, 0.6) is 0 Å². The molecule has 106 valence electrons. The predicted molar refractivity (Wildman–Crippen MR) is 78.2 cm³/mol. The molecule has 0 fully saturated rings. The van der Waals surface area contributed by atoms with Crippen LogP contribution in [0.4, 0.5) is 11.4 Å². The monoisotopic (exact) mass is 265 g/mol. The molecule has 5 heteroatoms. The summed E-state index contributed by atoms with van der Waals surface area (Å²) in [4.78, 5) is 13.8. The van der Waals surface area contributed by atoms with E-state index >= 15 is 0 Å². The average molecular weight is 265 g/mol. The number of nitrogen functional groups attached to an aromatic ring is 1. The third kappa shape index (κ3) is 5.72. The second-order valence-electron chi connectivity index (χ2n) is 4.57. The lowest BCUT2D eigenvalue weighted by atomic mass is 10.2. The number of benzene rings is 1. The first-order valence-corrected chi connectivity index (χ1v) is 6.45. The molecule has 19 heavy (non-hydrogen) atoms. The summed E-state index contributed by atoms with van der Waals surface area (Å²) >= 11 is 0. The van der Waals surface area contributed by atoms with Gasteiger partial charge in [0.15, 0.2) is 0 Å². The van der Waals surface area contributed by atoms with E-state index in [2.05, 4.69) is 5.32 Å². The zero-order valence-electron chi connectivity index (χ0n) is 11.9. The van der Waals surface area contributed by atoms with Crippen molar-refractivity contribution in [2.24, 2.45) is 0 Å². The molecule has 5 nitrogen and oxygen atoms in total. The summed E-state index contributed by atoms with van der Waals surface area (Å²) in [5, 5.41) is 2.81. The van der Waals surface area contributed by atoms with E-state index in [1.165, 1.54) is 0 Å². The van der Waals surface area contributed by atoms with Crippen molar-refractivity contribution in [1.82, 2.24) is 4.90 Å². The maximum Gasteiger partial charge on any atom is 0.238 e. The number of aryl methyl sites for hydroxylation is 1. The molecule has 1 aromatic carbocycles. The van der Waals surface area contributed by atoms with E-state index in [9.17, 15) is 4.79 Å². The van der Waals surface area contributed by atoms with Crippen molar-refractivity contribution >= 4 is 17.3 Å². The Hall–Kier alpha value is -1.59. The third-order valence-corrected chi connectivity index (χ3v) is 2.72. The van der Waals surface area contributed by atoms with E-state index < -0.39 is 0 Å². The summed E-state index contributed by atoms with van der Waals surface area (Å²) in [7, 11) is 1.89. The highest BCUT2D eigenvalue weighted by Gasteiger charge is 2.08. The molecule has 0 saturated heterocycles. The van der Waals surface area contributed by atoms with Crippen LogP contribution in [0.3, 0.4) is 0 Å². The van der Waals surface area contributed by atoms with Crippen LogP contribution in [0.25, 0.3) is 0 Å². The first-order chi connectivity index (χ1) is 9.02. The Kier molecular flexibility index (Phi) is 6.32. The molecular formula is C14H23N3O2. The third-order valence-electron chi connectivity index (χ3n) is 2.72. The van der Waals surface area contributed by atoms with Crippen LogP contribution in [-0.2, 0) is 9.53 Å². The van der Waals surface area contributed by atoms with Gasteiger partial charge in [0.25, 0.3) is 0 Å². The molecule has 0 aromatic heterocycles. The van der Waals surface area contributed by atoms with Crippen molar-refractivity contribution in [2.45, 2.75) is 13.8 Å². The van der Waals surface area contributed by atoms with Gasteiger partial charge < -0.3 is 15.8 Å². The van der Waals surface area contributed by atoms with Gasteiger partial charge in [0.05, 0.1) is 24.5 Å². The minimum atomic E-state index is -0.0745. The second-order valence-corrected chi connectivity index (χ2v) is 4.57. The summed E-state index contributed by atoms with van der Waals surface area (Å²) in [6, 6.07) is 5.59. The highest BCUT2D eigenvalue weighted by molar-refractivity contribution is 5.95. The maximum atomic E-state index is 11.8. The van der Waals surface area contributed by atoms with Crippen LogP contribution in [0.2, 0.25) is 0 Å². The van der Waals surface area contributed by atoms with E-state index in [0.717, 1.165) is 12.1 Å². The van der Waals surface area contributed by atoms with Crippen LogP contribution in [0, 0.1) is 6.92 Å². The summed E-state index contributed by atoms with van der Waals surface area (Å²) in [6.07, 6.45) is 0. The van der Waals surface area contributed by atoms with Gasteiger partial charge in [0.1, 0.15) is 0 Å². The van der Waals surface area contributed by atoms with E-state index in [-0.39, 0.29) is 5.91 Å². The molecule has 0 unspecified atom stereocenters. The number of hydrogen-bond acceptors (Lipinski definition) is 4. The molecule has 0 heterocycles. The first-order valence-electron chi connectivity index (χ1n) is 6.45. The van der Waals surface area contributed by atoms with Crippen LogP contribution in [-0.4, -0.2) is 44.2 Å². The summed E-state index contributed by atoms with van der Waals surface area (Å²) in [5.74, 6) is -0.0745. The van der Waals surface area contributed by atoms with Crippen molar-refractivity contribution in [1.29, 1.82) is 0 Å². The molecule has 0 aliphatic rings. The Morgan fingerprint density at radius 3 is 2.84 bits per heavy atom. The molecule has 0 spiro atoms. The second kappa shape index (κ2) is 7.76. The molecule has 1 rings (SSSR count). The standard InChI is InChI=1S/C14H23N3O2/c1-4-19-8-7-17(3)10-14(18)16-13-6-5-11(2)9-12(13)15/h5-6,9H,4,7-8,10,15H2,1-3H3,(H,16,18). The molecule has 0 atom stereocenters. The first kappa shape index (κ1) is 15.5. The number of nitrogens with two attached hydrogens (primary N) is 1. The largest absolute Gasteiger partial charge is 0.397 e. The molecule has 0 aliphatic carbocycles. The summed E-state index contributed by atoms with van der Waals surface area (Å²) in [5.41, 5.74) is 8.17. The molecule has 1 aromatic rings. The Balaban J connectivity index is 2.42. The van der Waals surface area contributed by atoms with Crippen molar-refractivity contribution in [3.05, 3.63) is 23.8 Å². The zero-order chi connectivity index (χ0) is 14.3. The van der Waals surface area contributed by atoms with Gasteiger partial charge >= 0.3 is 0 Å². The molecule has 0 saturated carbocycles. The van der Waals surface area contributed by atoms with Crippen LogP contribution in [0.1, 0.15) is 12.5 Å². The lowest BCUT2D eigenvalue weighted by Gasteiger charge is -2.16. The van der Waals surface area contributed by atoms with Crippen LogP contribution in [0.15, 0.2) is 18.2 Å². The fraction of sp³-hybridized carbons (Fsp3) is 0.500. The summed E-state index contributed by atoms with van der Waals surface area (Å²) < 4.78 is 5.24. The van der Waals surface area contributed by atoms with Gasteiger partial charge in [0.2, 0.25) is 5.91 Å². The normalized spacial score (nSPS) is 10.7. The minimum absolute atomic E-state index is 0.0745. The number of nitrogens with zero attached hydrogens (tertiary/aromatic N) is 1. The van der Waals surface area contributed by atoms with E-state index in [4.69, 9.17) is 10.5 Å². The molecule has 1 amide bonds. The lowest BCUT2D eigenvalue weighted by Crippen LogP contribution is -2.32. The quantitative estimate of drug-likeness (QED) is 0.579. The smallest absolute Gasteiger partial charge is 0.238 e. The minimum Gasteiger partial charge on any atom is -0.397 e. The Morgan fingerprint density at radius 1 is 1.47 bits per heavy atom. The average Bonchev–Trinajstić information content (AvgIpc) is 2.33. The highest BCUT2D eigenvalue weighted by Crippen LogP contribution is 2.19. The number of hydrogen-bond donors (Lipinski definition) is 2. The molecule has 0 aliphatic heterocycles. The van der Waals surface area contributed by atoms with Crippen molar-refractivity contribution < 1.29 is 9.53 Å². The molecule has 0 radical (unpaired) electrons. The molecular weight excluding hydrogens is 242 g/mol.